The largest absolute Gasteiger partial charge is 0.488 e. The van der Waals surface area contributed by atoms with Crippen LogP contribution in [0.25, 0.3) is 10.2 Å². The summed E-state index contributed by atoms with van der Waals surface area (Å²) in [5.41, 5.74) is 4.54. The number of carbonyl (C=O) groups is 1. The Hall–Kier alpha value is -3.00. The first-order valence-corrected chi connectivity index (χ1v) is 13.0. The van der Waals surface area contributed by atoms with E-state index < -0.39 is 0 Å². The Morgan fingerprint density at radius 1 is 1.18 bits per heavy atom. The van der Waals surface area contributed by atoms with Crippen LogP contribution in [0.3, 0.4) is 0 Å². The summed E-state index contributed by atoms with van der Waals surface area (Å²) < 4.78 is 6.47. The summed E-state index contributed by atoms with van der Waals surface area (Å²) in [7, 11) is 3.67. The lowest BCUT2D eigenvalue weighted by atomic mass is 9.87. The van der Waals surface area contributed by atoms with E-state index in [1.807, 2.05) is 20.3 Å². The Morgan fingerprint density at radius 2 is 2.03 bits per heavy atom. The lowest BCUT2D eigenvalue weighted by molar-refractivity contribution is -0.133. The molecule has 1 aromatic carbocycles. The molecule has 1 fully saturated rings. The Kier molecular flexibility index (Phi) is 5.48. The Balaban J connectivity index is 1.36. The van der Waals surface area contributed by atoms with Crippen LogP contribution in [0, 0.1) is 5.92 Å². The topological polar surface area (TPSA) is 79.7 Å². The third kappa shape index (κ3) is 3.83. The van der Waals surface area contributed by atoms with Crippen LogP contribution in [0.15, 0.2) is 23.5 Å². The second-order valence-corrected chi connectivity index (χ2v) is 10.8. The third-order valence-electron chi connectivity index (χ3n) is 7.22. The van der Waals surface area contributed by atoms with Crippen LogP contribution in [0.4, 0.5) is 11.5 Å². The zero-order valence-corrected chi connectivity index (χ0v) is 20.5. The smallest absolute Gasteiger partial charge is 0.225 e. The number of fused-ring (bicyclic) bond motifs is 4. The molecule has 1 aliphatic heterocycles. The second-order valence-electron chi connectivity index (χ2n) is 9.74. The van der Waals surface area contributed by atoms with E-state index in [9.17, 15) is 4.79 Å². The Morgan fingerprint density at radius 3 is 2.85 bits per heavy atom. The molecule has 34 heavy (non-hydrogen) atoms. The van der Waals surface area contributed by atoms with E-state index >= 15 is 0 Å². The van der Waals surface area contributed by atoms with Gasteiger partial charge in [0.25, 0.3) is 0 Å². The maximum absolute atomic E-state index is 12.6. The molecule has 0 spiro atoms. The highest BCUT2D eigenvalue weighted by molar-refractivity contribution is 7.19. The van der Waals surface area contributed by atoms with Gasteiger partial charge in [-0.2, -0.15) is 0 Å². The van der Waals surface area contributed by atoms with Crippen molar-refractivity contribution in [1.82, 2.24) is 14.9 Å². The van der Waals surface area contributed by atoms with E-state index in [4.69, 9.17) is 4.74 Å². The number of benzene rings is 1. The Bertz CT molecular complexity index is 1290. The van der Waals surface area contributed by atoms with Gasteiger partial charge in [-0.05, 0) is 73.8 Å². The van der Waals surface area contributed by atoms with Gasteiger partial charge in [0.1, 0.15) is 22.7 Å². The molecule has 0 radical (unpaired) electrons. The van der Waals surface area contributed by atoms with Crippen LogP contribution < -0.4 is 10.1 Å². The number of aromatic nitrogens is 2. The number of ether oxygens (including phenoxy) is 1. The van der Waals surface area contributed by atoms with E-state index in [1.165, 1.54) is 28.8 Å². The van der Waals surface area contributed by atoms with Crippen molar-refractivity contribution < 1.29 is 9.53 Å². The predicted molar refractivity (Wildman–Crippen MR) is 136 cm³/mol. The van der Waals surface area contributed by atoms with Crippen molar-refractivity contribution in [3.63, 3.8) is 0 Å². The number of nitrogens with zero attached hydrogens (tertiary/aromatic N) is 4. The molecule has 1 amide bonds. The van der Waals surface area contributed by atoms with Crippen LogP contribution >= 0.6 is 11.3 Å². The Labute approximate surface area is 203 Å². The summed E-state index contributed by atoms with van der Waals surface area (Å²) in [5, 5.41) is 4.68. The highest BCUT2D eigenvalue weighted by Gasteiger charge is 2.30. The van der Waals surface area contributed by atoms with E-state index in [-0.39, 0.29) is 17.9 Å². The van der Waals surface area contributed by atoms with Gasteiger partial charge in [0, 0.05) is 31.1 Å². The molecular formula is C26H29N5O2S. The van der Waals surface area contributed by atoms with Crippen molar-refractivity contribution in [2.24, 2.45) is 10.9 Å². The van der Waals surface area contributed by atoms with Crippen molar-refractivity contribution in [1.29, 1.82) is 0 Å². The van der Waals surface area contributed by atoms with Crippen LogP contribution in [0.2, 0.25) is 0 Å². The number of aryl methyl sites for hydroxylation is 1. The summed E-state index contributed by atoms with van der Waals surface area (Å²) in [6, 6.07) is 4.27. The quantitative estimate of drug-likeness (QED) is 0.569. The summed E-state index contributed by atoms with van der Waals surface area (Å²) in [4.78, 5) is 30.2. The molecule has 0 bridgehead atoms. The first-order chi connectivity index (χ1) is 16.6. The van der Waals surface area contributed by atoms with Gasteiger partial charge >= 0.3 is 0 Å². The molecule has 7 nitrogen and oxygen atoms in total. The molecule has 1 saturated carbocycles. The summed E-state index contributed by atoms with van der Waals surface area (Å²) in [6.07, 6.45) is 11.0. The van der Waals surface area contributed by atoms with Gasteiger partial charge in [-0.1, -0.05) is 0 Å². The molecule has 1 N–H and O–H groups in total. The lowest BCUT2D eigenvalue weighted by Crippen LogP contribution is -2.32. The van der Waals surface area contributed by atoms with Crippen molar-refractivity contribution in [2.45, 2.75) is 57.6 Å². The number of nitrogens with one attached hydrogen (secondary N) is 1. The number of carbonyl (C=O) groups excluding carboxylic acids is 1. The number of hydrogen-bond donors (Lipinski definition) is 1. The molecule has 3 aromatic rings. The van der Waals surface area contributed by atoms with Crippen LogP contribution in [0.5, 0.6) is 5.75 Å². The van der Waals surface area contributed by atoms with Gasteiger partial charge in [0.05, 0.1) is 23.7 Å². The zero-order valence-electron chi connectivity index (χ0n) is 19.6. The minimum atomic E-state index is 0.0438. The lowest BCUT2D eigenvalue weighted by Gasteiger charge is -2.24. The maximum Gasteiger partial charge on any atom is 0.225 e. The van der Waals surface area contributed by atoms with Gasteiger partial charge in [-0.25, -0.2) is 9.97 Å². The van der Waals surface area contributed by atoms with Crippen LogP contribution in [-0.2, 0) is 24.2 Å². The van der Waals surface area contributed by atoms with Gasteiger partial charge in [0.15, 0.2) is 0 Å². The molecule has 0 unspecified atom stereocenters. The monoisotopic (exact) mass is 475 g/mol. The van der Waals surface area contributed by atoms with E-state index in [0.29, 0.717) is 6.54 Å². The average Bonchev–Trinajstić information content (AvgIpc) is 3.58. The molecule has 3 aliphatic rings. The number of aliphatic imine (C=N–C) groups is 1. The molecule has 176 valence electrons. The zero-order chi connectivity index (χ0) is 23.2. The fourth-order valence-corrected chi connectivity index (χ4v) is 6.69. The van der Waals surface area contributed by atoms with Gasteiger partial charge in [0.2, 0.25) is 5.91 Å². The van der Waals surface area contributed by atoms with Crippen molar-refractivity contribution in [2.75, 3.05) is 19.4 Å². The molecule has 2 aromatic heterocycles. The maximum atomic E-state index is 12.6. The standard InChI is InChI=1S/C26H29N5O2S/c1-31(2)26(32)15-7-8-19-22(11-15)34-25-23(19)24(28-14-29-25)30-20-9-16-12-27-13-17(16)10-21(20)33-18-5-3-4-6-18/h9-10,12,14-15,18H,3-8,11,13H2,1-2H3,(H,28,29,30)/t15-/m0/s1. The highest BCUT2D eigenvalue weighted by atomic mass is 32.1. The number of hydrogen-bond acceptors (Lipinski definition) is 7. The first kappa shape index (κ1) is 21.5. The number of anilines is 2. The summed E-state index contributed by atoms with van der Waals surface area (Å²) >= 11 is 1.69. The van der Waals surface area contributed by atoms with E-state index in [0.717, 1.165) is 65.1 Å². The SMILES string of the molecule is CN(C)C(=O)[C@H]1CCc2c(sc3ncnc(Nc4cc5c(cc4OC4CCCC4)CN=C5)c23)C1. The summed E-state index contributed by atoms with van der Waals surface area (Å²) in [6.45, 7) is 0.708. The normalized spacial score (nSPS) is 19.3. The van der Waals surface area contributed by atoms with Gasteiger partial charge in [-0.3, -0.25) is 9.79 Å². The predicted octanol–water partition coefficient (Wildman–Crippen LogP) is 4.88. The molecule has 2 aliphatic carbocycles. The number of thiophene rings is 1. The molecular weight excluding hydrogens is 446 g/mol. The second kappa shape index (κ2) is 8.65. The molecule has 1 atom stereocenters. The van der Waals surface area contributed by atoms with E-state index in [1.54, 1.807) is 22.6 Å². The molecule has 0 saturated heterocycles. The molecule has 8 heteroatoms. The summed E-state index contributed by atoms with van der Waals surface area (Å²) in [5.74, 6) is 1.94. The fourth-order valence-electron chi connectivity index (χ4n) is 5.43. The van der Waals surface area contributed by atoms with Crippen molar-refractivity contribution in [3.8, 4) is 5.75 Å². The average molecular weight is 476 g/mol. The number of rotatable bonds is 5. The van der Waals surface area contributed by atoms with Gasteiger partial charge < -0.3 is 15.0 Å². The molecule has 3 heterocycles. The molecule has 6 rings (SSSR count). The van der Waals surface area contributed by atoms with Gasteiger partial charge in [-0.15, -0.1) is 11.3 Å². The van der Waals surface area contributed by atoms with E-state index in [2.05, 4.69) is 32.4 Å². The first-order valence-electron chi connectivity index (χ1n) is 12.1. The van der Waals surface area contributed by atoms with Crippen molar-refractivity contribution in [3.05, 3.63) is 40.0 Å². The minimum absolute atomic E-state index is 0.0438. The van der Waals surface area contributed by atoms with Crippen LogP contribution in [0.1, 0.15) is 53.7 Å². The van der Waals surface area contributed by atoms with Crippen molar-refractivity contribution >= 4 is 45.2 Å². The van der Waals surface area contributed by atoms with Crippen LogP contribution in [-0.4, -0.2) is 47.2 Å². The number of amides is 1. The minimum Gasteiger partial charge on any atom is -0.488 e. The highest BCUT2D eigenvalue weighted by Crippen LogP contribution is 2.42. The third-order valence-corrected chi connectivity index (χ3v) is 8.38. The fraction of sp³-hybridized carbons (Fsp3) is 0.462.